The summed E-state index contributed by atoms with van der Waals surface area (Å²) in [5.41, 5.74) is 0. The van der Waals surface area contributed by atoms with Gasteiger partial charge in [0, 0.05) is 0 Å². The molecule has 1 atom stereocenters. The Bertz CT molecular complexity index is 217. The van der Waals surface area contributed by atoms with E-state index in [0.29, 0.717) is 6.42 Å². The second kappa shape index (κ2) is 5.19. The maximum Gasteiger partial charge on any atom is 0.326 e. The fourth-order valence-electron chi connectivity index (χ4n) is 0.676. The van der Waals surface area contributed by atoms with Gasteiger partial charge in [-0.15, -0.1) is 6.42 Å². The number of carbonyl (C=O) groups is 2. The lowest BCUT2D eigenvalue weighted by Crippen LogP contribution is -2.39. The van der Waals surface area contributed by atoms with Gasteiger partial charge >= 0.3 is 5.97 Å². The van der Waals surface area contributed by atoms with E-state index in [1.54, 1.807) is 6.92 Å². The summed E-state index contributed by atoms with van der Waals surface area (Å²) in [6.45, 7) is 1.68. The SMILES string of the molecule is C#CCC(=O)N[C@@H](CC)C(=O)O. The first-order valence-corrected chi connectivity index (χ1v) is 3.57. The van der Waals surface area contributed by atoms with Crippen LogP contribution in [-0.2, 0) is 9.59 Å². The minimum Gasteiger partial charge on any atom is -0.480 e. The molecule has 0 aliphatic rings. The van der Waals surface area contributed by atoms with Crippen molar-refractivity contribution in [1.29, 1.82) is 0 Å². The van der Waals surface area contributed by atoms with Gasteiger partial charge in [0.1, 0.15) is 6.04 Å². The van der Waals surface area contributed by atoms with Gasteiger partial charge in [0.05, 0.1) is 6.42 Å². The molecule has 1 amide bonds. The van der Waals surface area contributed by atoms with E-state index in [1.165, 1.54) is 0 Å². The topological polar surface area (TPSA) is 66.4 Å². The Hall–Kier alpha value is -1.50. The fourth-order valence-corrected chi connectivity index (χ4v) is 0.676. The highest BCUT2D eigenvalue weighted by Gasteiger charge is 2.16. The second-order valence-corrected chi connectivity index (χ2v) is 2.25. The van der Waals surface area contributed by atoms with E-state index in [2.05, 4.69) is 11.2 Å². The Kier molecular flexibility index (Phi) is 4.54. The van der Waals surface area contributed by atoms with Crippen LogP contribution in [0.3, 0.4) is 0 Å². The first-order valence-electron chi connectivity index (χ1n) is 3.57. The van der Waals surface area contributed by atoms with Crippen molar-refractivity contribution in [2.75, 3.05) is 0 Å². The maximum absolute atomic E-state index is 10.8. The molecule has 0 aliphatic carbocycles. The third-order valence-electron chi connectivity index (χ3n) is 1.30. The number of carbonyl (C=O) groups excluding carboxylic acids is 1. The molecule has 0 aromatic heterocycles. The highest BCUT2D eigenvalue weighted by molar-refractivity contribution is 5.84. The fraction of sp³-hybridized carbons (Fsp3) is 0.500. The van der Waals surface area contributed by atoms with E-state index in [4.69, 9.17) is 11.5 Å². The number of carboxylic acids is 1. The Morgan fingerprint density at radius 3 is 2.58 bits per heavy atom. The molecule has 0 spiro atoms. The largest absolute Gasteiger partial charge is 0.480 e. The van der Waals surface area contributed by atoms with Gasteiger partial charge in [-0.3, -0.25) is 4.79 Å². The molecule has 0 rings (SSSR count). The van der Waals surface area contributed by atoms with Crippen LogP contribution in [0.5, 0.6) is 0 Å². The Morgan fingerprint density at radius 1 is 1.67 bits per heavy atom. The quantitative estimate of drug-likeness (QED) is 0.581. The molecular weight excluding hydrogens is 158 g/mol. The van der Waals surface area contributed by atoms with Gasteiger partial charge in [0.25, 0.3) is 0 Å². The zero-order valence-corrected chi connectivity index (χ0v) is 6.83. The molecule has 4 heteroatoms. The lowest BCUT2D eigenvalue weighted by atomic mass is 10.2. The standard InChI is InChI=1S/C8H11NO3/c1-3-5-7(10)9-6(4-2)8(11)12/h1,6H,4-5H2,2H3,(H,9,10)(H,11,12)/t6-/m0/s1. The van der Waals surface area contributed by atoms with Crippen LogP contribution >= 0.6 is 0 Å². The maximum atomic E-state index is 10.8. The van der Waals surface area contributed by atoms with E-state index in [0.717, 1.165) is 0 Å². The molecule has 66 valence electrons. The van der Waals surface area contributed by atoms with Crippen molar-refractivity contribution in [3.05, 3.63) is 0 Å². The molecule has 0 saturated carbocycles. The Balaban J connectivity index is 3.96. The first-order chi connectivity index (χ1) is 5.61. The minimum absolute atomic E-state index is 0.0796. The van der Waals surface area contributed by atoms with Crippen molar-refractivity contribution in [3.8, 4) is 12.3 Å². The van der Waals surface area contributed by atoms with Crippen molar-refractivity contribution < 1.29 is 14.7 Å². The second-order valence-electron chi connectivity index (χ2n) is 2.25. The minimum atomic E-state index is -1.04. The highest BCUT2D eigenvalue weighted by Crippen LogP contribution is 1.91. The molecule has 0 aromatic carbocycles. The lowest BCUT2D eigenvalue weighted by Gasteiger charge is -2.10. The number of carboxylic acid groups (broad SMARTS) is 1. The zero-order chi connectivity index (χ0) is 9.56. The summed E-state index contributed by atoms with van der Waals surface area (Å²) in [5.74, 6) is 0.668. The summed E-state index contributed by atoms with van der Waals surface area (Å²) >= 11 is 0. The molecule has 12 heavy (non-hydrogen) atoms. The number of nitrogens with one attached hydrogen (secondary N) is 1. The van der Waals surface area contributed by atoms with Crippen molar-refractivity contribution in [1.82, 2.24) is 5.32 Å². The summed E-state index contributed by atoms with van der Waals surface area (Å²) in [4.78, 5) is 21.2. The lowest BCUT2D eigenvalue weighted by molar-refractivity contribution is -0.141. The van der Waals surface area contributed by atoms with E-state index >= 15 is 0 Å². The molecule has 0 aromatic rings. The van der Waals surface area contributed by atoms with Crippen molar-refractivity contribution >= 4 is 11.9 Å². The van der Waals surface area contributed by atoms with Crippen molar-refractivity contribution in [3.63, 3.8) is 0 Å². The van der Waals surface area contributed by atoms with E-state index in [-0.39, 0.29) is 6.42 Å². The number of hydrogen-bond donors (Lipinski definition) is 2. The Labute approximate surface area is 71.0 Å². The van der Waals surface area contributed by atoms with Crippen LogP contribution in [0.25, 0.3) is 0 Å². The number of hydrogen-bond acceptors (Lipinski definition) is 2. The average molecular weight is 169 g/mol. The third kappa shape index (κ3) is 3.62. The monoisotopic (exact) mass is 169 g/mol. The summed E-state index contributed by atoms with van der Waals surface area (Å²) in [7, 11) is 0. The third-order valence-corrected chi connectivity index (χ3v) is 1.30. The summed E-state index contributed by atoms with van der Waals surface area (Å²) in [5, 5.41) is 10.8. The van der Waals surface area contributed by atoms with Gasteiger partial charge in [0.15, 0.2) is 0 Å². The molecule has 0 bridgehead atoms. The van der Waals surface area contributed by atoms with Gasteiger partial charge in [-0.2, -0.15) is 0 Å². The van der Waals surface area contributed by atoms with Gasteiger partial charge < -0.3 is 10.4 Å². The highest BCUT2D eigenvalue weighted by atomic mass is 16.4. The van der Waals surface area contributed by atoms with Crippen LogP contribution in [0.1, 0.15) is 19.8 Å². The molecular formula is C8H11NO3. The van der Waals surface area contributed by atoms with Crippen LogP contribution in [0.4, 0.5) is 0 Å². The van der Waals surface area contributed by atoms with Crippen molar-refractivity contribution in [2.24, 2.45) is 0 Å². The number of terminal acetylenes is 1. The van der Waals surface area contributed by atoms with Crippen molar-refractivity contribution in [2.45, 2.75) is 25.8 Å². The summed E-state index contributed by atoms with van der Waals surface area (Å²) in [6, 6.07) is -0.828. The van der Waals surface area contributed by atoms with E-state index in [9.17, 15) is 9.59 Å². The molecule has 0 fully saturated rings. The predicted octanol–water partition coefficient (Wildman–Crippen LogP) is -0.0109. The van der Waals surface area contributed by atoms with Crippen LogP contribution in [-0.4, -0.2) is 23.0 Å². The summed E-state index contributed by atoms with van der Waals surface area (Å²) < 4.78 is 0. The van der Waals surface area contributed by atoms with Gasteiger partial charge in [-0.1, -0.05) is 12.8 Å². The van der Waals surface area contributed by atoms with Crippen LogP contribution < -0.4 is 5.32 Å². The number of amides is 1. The average Bonchev–Trinajstić information content (AvgIpc) is 2.00. The summed E-state index contributed by atoms with van der Waals surface area (Å²) in [6.07, 6.45) is 5.14. The van der Waals surface area contributed by atoms with Gasteiger partial charge in [-0.25, -0.2) is 4.79 Å². The Morgan fingerprint density at radius 2 is 2.25 bits per heavy atom. The molecule has 2 N–H and O–H groups in total. The van der Waals surface area contributed by atoms with Crippen LogP contribution in [0, 0.1) is 12.3 Å². The molecule has 0 unspecified atom stereocenters. The van der Waals surface area contributed by atoms with Gasteiger partial charge in [-0.05, 0) is 6.42 Å². The molecule has 0 aliphatic heterocycles. The zero-order valence-electron chi connectivity index (χ0n) is 6.83. The normalized spacial score (nSPS) is 11.3. The molecule has 0 saturated heterocycles. The van der Waals surface area contributed by atoms with E-state index < -0.39 is 17.9 Å². The molecule has 4 nitrogen and oxygen atoms in total. The smallest absolute Gasteiger partial charge is 0.326 e. The first kappa shape index (κ1) is 10.5. The number of aliphatic carboxylic acids is 1. The molecule has 0 heterocycles. The van der Waals surface area contributed by atoms with Crippen LogP contribution in [0.15, 0.2) is 0 Å². The molecule has 0 radical (unpaired) electrons. The van der Waals surface area contributed by atoms with Crippen LogP contribution in [0.2, 0.25) is 0 Å². The van der Waals surface area contributed by atoms with Gasteiger partial charge in [0.2, 0.25) is 5.91 Å². The van der Waals surface area contributed by atoms with E-state index in [1.807, 2.05) is 0 Å². The predicted molar refractivity (Wildman–Crippen MR) is 43.3 cm³/mol. The number of rotatable bonds is 4.